The van der Waals surface area contributed by atoms with Gasteiger partial charge < -0.3 is 4.57 Å². The molecule has 0 aliphatic rings. The van der Waals surface area contributed by atoms with Gasteiger partial charge in [0.05, 0.1) is 22.1 Å². The van der Waals surface area contributed by atoms with E-state index in [9.17, 15) is 0 Å². The second-order valence-corrected chi connectivity index (χ2v) is 18.8. The van der Waals surface area contributed by atoms with Gasteiger partial charge >= 0.3 is 0 Å². The molecule has 11 aromatic carbocycles. The van der Waals surface area contributed by atoms with E-state index < -0.39 is 0 Å². The van der Waals surface area contributed by atoms with Crippen molar-refractivity contribution in [1.29, 1.82) is 0 Å². The van der Waals surface area contributed by atoms with Crippen LogP contribution in [0.25, 0.3) is 134 Å². The standard InChI is InChI=1S/C69H45N5/c1-5-20-46(21-6-1)52-28-17-29-53(42-52)49-38-40-51(41-39-49)68-70-67(50-26-11-4-12-27-50)71-69(72-68)74-63-37-16-14-35-59(63)64-60(56-32-18-30-54(43-56)47-22-7-2-8-23-47)45-61-58-34-13-15-36-62(58)73(65(61)66(64)74)57-33-19-31-55(44-57)48-24-9-3-10-25-48/h1-45H. The Bertz CT molecular complexity index is 4390. The topological polar surface area (TPSA) is 48.5 Å². The molecule has 0 N–H and O–H groups in total. The van der Waals surface area contributed by atoms with Crippen LogP contribution in [0.5, 0.6) is 0 Å². The van der Waals surface area contributed by atoms with Gasteiger partial charge in [-0.1, -0.05) is 231 Å². The largest absolute Gasteiger partial charge is 0.307 e. The lowest BCUT2D eigenvalue weighted by molar-refractivity contribution is 0.953. The van der Waals surface area contributed by atoms with Crippen LogP contribution < -0.4 is 0 Å². The van der Waals surface area contributed by atoms with Crippen LogP contribution in [0.15, 0.2) is 273 Å². The maximum Gasteiger partial charge on any atom is 0.238 e. The van der Waals surface area contributed by atoms with Gasteiger partial charge in [-0.05, 0) is 98.1 Å². The predicted octanol–water partition coefficient (Wildman–Crippen LogP) is 17.7. The van der Waals surface area contributed by atoms with Crippen molar-refractivity contribution in [3.63, 3.8) is 0 Å². The van der Waals surface area contributed by atoms with E-state index >= 15 is 0 Å². The molecule has 0 amide bonds. The van der Waals surface area contributed by atoms with E-state index in [4.69, 9.17) is 15.0 Å². The summed E-state index contributed by atoms with van der Waals surface area (Å²) in [7, 11) is 0. The zero-order valence-electron chi connectivity index (χ0n) is 40.2. The number of hydrogen-bond donors (Lipinski definition) is 0. The Hall–Kier alpha value is -9.97. The van der Waals surface area contributed by atoms with Crippen molar-refractivity contribution in [2.24, 2.45) is 0 Å². The van der Waals surface area contributed by atoms with Crippen molar-refractivity contribution >= 4 is 43.6 Å². The van der Waals surface area contributed by atoms with Crippen molar-refractivity contribution in [1.82, 2.24) is 24.1 Å². The number of hydrogen-bond acceptors (Lipinski definition) is 3. The maximum absolute atomic E-state index is 5.53. The summed E-state index contributed by atoms with van der Waals surface area (Å²) in [5.41, 5.74) is 18.5. The highest BCUT2D eigenvalue weighted by molar-refractivity contribution is 6.28. The summed E-state index contributed by atoms with van der Waals surface area (Å²) >= 11 is 0. The number of fused-ring (bicyclic) bond motifs is 7. The van der Waals surface area contributed by atoms with Gasteiger partial charge in [-0.25, -0.2) is 4.98 Å². The van der Waals surface area contributed by atoms with E-state index in [-0.39, 0.29) is 0 Å². The van der Waals surface area contributed by atoms with E-state index in [2.05, 4.69) is 264 Å². The normalized spacial score (nSPS) is 11.5. The minimum absolute atomic E-state index is 0.533. The average molecular weight is 944 g/mol. The zero-order chi connectivity index (χ0) is 49.0. The molecule has 3 aromatic heterocycles. The molecule has 0 bridgehead atoms. The Kier molecular flexibility index (Phi) is 10.4. The molecule has 74 heavy (non-hydrogen) atoms. The van der Waals surface area contributed by atoms with Gasteiger partial charge in [-0.3, -0.25) is 4.57 Å². The van der Waals surface area contributed by atoms with Crippen LogP contribution in [0.3, 0.4) is 0 Å². The Morgan fingerprint density at radius 3 is 1.23 bits per heavy atom. The Balaban J connectivity index is 1.06. The molecule has 5 heteroatoms. The molecule has 0 radical (unpaired) electrons. The Morgan fingerprint density at radius 2 is 0.649 bits per heavy atom. The molecule has 0 aliphatic carbocycles. The molecule has 3 heterocycles. The van der Waals surface area contributed by atoms with Crippen LogP contribution in [0, 0.1) is 0 Å². The summed E-state index contributed by atoms with van der Waals surface area (Å²) in [6, 6.07) is 97.2. The lowest BCUT2D eigenvalue weighted by Crippen LogP contribution is -2.07. The third-order valence-corrected chi connectivity index (χ3v) is 14.4. The molecular formula is C69H45N5. The first kappa shape index (κ1) is 42.9. The molecule has 0 saturated carbocycles. The number of nitrogens with zero attached hydrogens (tertiary/aromatic N) is 5. The van der Waals surface area contributed by atoms with Crippen molar-refractivity contribution in [3.8, 4) is 90.0 Å². The first-order chi connectivity index (χ1) is 36.7. The average Bonchev–Trinajstić information content (AvgIpc) is 4.10. The van der Waals surface area contributed by atoms with Crippen LogP contribution in [0.1, 0.15) is 0 Å². The zero-order valence-corrected chi connectivity index (χ0v) is 40.2. The minimum atomic E-state index is 0.533. The van der Waals surface area contributed by atoms with Crippen LogP contribution in [-0.4, -0.2) is 24.1 Å². The summed E-state index contributed by atoms with van der Waals surface area (Å²) in [4.78, 5) is 16.3. The quantitative estimate of drug-likeness (QED) is 0.145. The molecule has 0 saturated heterocycles. The molecule has 0 fully saturated rings. The highest BCUT2D eigenvalue weighted by Gasteiger charge is 2.26. The maximum atomic E-state index is 5.53. The van der Waals surface area contributed by atoms with Crippen molar-refractivity contribution < 1.29 is 0 Å². The lowest BCUT2D eigenvalue weighted by Gasteiger charge is -2.15. The molecule has 14 aromatic rings. The van der Waals surface area contributed by atoms with Crippen molar-refractivity contribution in [2.45, 2.75) is 0 Å². The second kappa shape index (κ2) is 18.0. The number of aromatic nitrogens is 5. The van der Waals surface area contributed by atoms with Crippen LogP contribution in [0.4, 0.5) is 0 Å². The van der Waals surface area contributed by atoms with Crippen LogP contribution in [-0.2, 0) is 0 Å². The van der Waals surface area contributed by atoms with Gasteiger partial charge in [-0.2, -0.15) is 9.97 Å². The lowest BCUT2D eigenvalue weighted by atomic mass is 9.94. The van der Waals surface area contributed by atoms with E-state index in [1.807, 2.05) is 18.2 Å². The van der Waals surface area contributed by atoms with Crippen LogP contribution in [0.2, 0.25) is 0 Å². The molecular weight excluding hydrogens is 899 g/mol. The summed E-state index contributed by atoms with van der Waals surface area (Å²) in [5.74, 6) is 1.71. The predicted molar refractivity (Wildman–Crippen MR) is 307 cm³/mol. The molecule has 5 nitrogen and oxygen atoms in total. The smallest absolute Gasteiger partial charge is 0.238 e. The summed E-state index contributed by atoms with van der Waals surface area (Å²) in [6.07, 6.45) is 0. The fourth-order valence-corrected chi connectivity index (χ4v) is 10.9. The highest BCUT2D eigenvalue weighted by Crippen LogP contribution is 2.47. The molecule has 0 unspecified atom stereocenters. The monoisotopic (exact) mass is 943 g/mol. The van der Waals surface area contributed by atoms with Crippen molar-refractivity contribution in [3.05, 3.63) is 273 Å². The van der Waals surface area contributed by atoms with Gasteiger partial charge in [-0.15, -0.1) is 0 Å². The summed E-state index contributed by atoms with van der Waals surface area (Å²) in [6.45, 7) is 0. The van der Waals surface area contributed by atoms with Crippen LogP contribution >= 0.6 is 0 Å². The van der Waals surface area contributed by atoms with Gasteiger partial charge in [0.15, 0.2) is 11.6 Å². The first-order valence-corrected chi connectivity index (χ1v) is 25.1. The fourth-order valence-electron chi connectivity index (χ4n) is 10.9. The number of rotatable bonds is 9. The molecule has 0 spiro atoms. The molecule has 0 atom stereocenters. The fraction of sp³-hybridized carbons (Fsp3) is 0. The van der Waals surface area contributed by atoms with Gasteiger partial charge in [0.1, 0.15) is 0 Å². The van der Waals surface area contributed by atoms with Gasteiger partial charge in [0, 0.05) is 38.4 Å². The van der Waals surface area contributed by atoms with E-state index in [0.29, 0.717) is 17.6 Å². The number of para-hydroxylation sites is 2. The third-order valence-electron chi connectivity index (χ3n) is 14.4. The highest BCUT2D eigenvalue weighted by atomic mass is 15.2. The van der Waals surface area contributed by atoms with Gasteiger partial charge in [0.25, 0.3) is 0 Å². The Morgan fingerprint density at radius 1 is 0.243 bits per heavy atom. The summed E-state index contributed by atoms with van der Waals surface area (Å²) in [5, 5.41) is 4.51. The SMILES string of the molecule is c1ccc(-c2cccc(-c3ccc(-c4nc(-c5ccccc5)nc(-n5c6ccccc6c6c(-c7cccc(-c8ccccc8)c7)cc7c8ccccc8n(-c8cccc(-c9ccccc9)c8)c7c65)n4)cc3)c2)cc1. The van der Waals surface area contributed by atoms with Gasteiger partial charge in [0.2, 0.25) is 5.95 Å². The molecule has 0 aliphatic heterocycles. The number of benzene rings is 11. The first-order valence-electron chi connectivity index (χ1n) is 25.1. The Labute approximate surface area is 428 Å². The van der Waals surface area contributed by atoms with E-state index in [1.54, 1.807) is 0 Å². The second-order valence-electron chi connectivity index (χ2n) is 18.8. The van der Waals surface area contributed by atoms with Crippen molar-refractivity contribution in [2.75, 3.05) is 0 Å². The molecule has 14 rings (SSSR count). The molecule has 346 valence electrons. The van der Waals surface area contributed by atoms with E-state index in [1.165, 1.54) is 16.7 Å². The third kappa shape index (κ3) is 7.46. The summed E-state index contributed by atoms with van der Waals surface area (Å²) < 4.78 is 4.75. The van der Waals surface area contributed by atoms with E-state index in [0.717, 1.165) is 99.4 Å². The minimum Gasteiger partial charge on any atom is -0.307 e.